The molecule has 2 amide bonds. The quantitative estimate of drug-likeness (QED) is 0.0307. The number of methoxy groups -OCH3 is 2. The zero-order chi connectivity index (χ0) is 55.3. The van der Waals surface area contributed by atoms with Gasteiger partial charge in [-0.1, -0.05) is 163 Å². The Labute approximate surface area is 460 Å². The number of nitrogens with one attached hydrogen (secondary N) is 3. The van der Waals surface area contributed by atoms with Gasteiger partial charge in [-0.15, -0.1) is 0 Å². The third-order valence-corrected chi connectivity index (χ3v) is 16.9. The molecule has 4 rings (SSSR count). The highest BCUT2D eigenvalue weighted by Crippen LogP contribution is 2.32. The van der Waals surface area contributed by atoms with Gasteiger partial charge in [0.05, 0.1) is 32.2 Å². The van der Waals surface area contributed by atoms with Crippen LogP contribution in [0.25, 0.3) is 0 Å². The second kappa shape index (κ2) is 47.4. The number of esters is 1. The van der Waals surface area contributed by atoms with Crippen molar-refractivity contribution in [3.63, 3.8) is 0 Å². The molecular formula is C63H119N3O9. The minimum atomic E-state index is -0.662. The number of aliphatic hydroxyl groups excluding tert-OH is 1. The summed E-state index contributed by atoms with van der Waals surface area (Å²) in [4.78, 5) is 57.0. The number of hydrogen-bond donors (Lipinski definition) is 5. The van der Waals surface area contributed by atoms with Crippen LogP contribution >= 0.6 is 0 Å². The number of aliphatic carboxylic acids is 1. The molecule has 0 spiro atoms. The maximum Gasteiger partial charge on any atom is 0.306 e. The molecule has 0 radical (unpaired) electrons. The first kappa shape index (κ1) is 70.4. The van der Waals surface area contributed by atoms with Crippen molar-refractivity contribution in [1.29, 1.82) is 0 Å². The van der Waals surface area contributed by atoms with Gasteiger partial charge in [-0.05, 0) is 132 Å². The molecular weight excluding hydrogens is 943 g/mol. The van der Waals surface area contributed by atoms with Gasteiger partial charge < -0.3 is 35.6 Å². The van der Waals surface area contributed by atoms with E-state index in [2.05, 4.69) is 55.3 Å². The Morgan fingerprint density at radius 1 is 0.493 bits per heavy atom. The van der Waals surface area contributed by atoms with Gasteiger partial charge in [-0.2, -0.15) is 0 Å². The second-order valence-corrected chi connectivity index (χ2v) is 24.0. The van der Waals surface area contributed by atoms with Gasteiger partial charge in [0.1, 0.15) is 5.78 Å². The number of Topliss-reactive ketones (excluding diaryl/α,β-unsaturated/α-hetero) is 1. The van der Waals surface area contributed by atoms with Gasteiger partial charge >= 0.3 is 11.9 Å². The number of ether oxygens (including phenoxy) is 2. The number of aliphatic hydroxyl groups is 1. The van der Waals surface area contributed by atoms with Crippen LogP contribution in [0.5, 0.6) is 0 Å². The SMILES string of the molecule is CCCCCCCCCCCCCCCC(=O)NCC1CCC(C(=O)O)CC1.CCNCC1CCC(C)CC1.COC(=O)CCC(=O)CCC1CCC(C)CC1.COCC(O)CCCC(=O)NCC1CCC(C)CC1. The van der Waals surface area contributed by atoms with E-state index in [1.165, 1.54) is 161 Å². The Balaban J connectivity index is 0.000000525. The Morgan fingerprint density at radius 2 is 0.907 bits per heavy atom. The summed E-state index contributed by atoms with van der Waals surface area (Å²) in [7, 11) is 2.93. The lowest BCUT2D eigenvalue weighted by Crippen LogP contribution is -2.32. The van der Waals surface area contributed by atoms with Gasteiger partial charge in [-0.3, -0.25) is 24.0 Å². The predicted molar refractivity (Wildman–Crippen MR) is 309 cm³/mol. The smallest absolute Gasteiger partial charge is 0.306 e. The van der Waals surface area contributed by atoms with Crippen molar-refractivity contribution >= 4 is 29.5 Å². The third kappa shape index (κ3) is 41.2. The highest BCUT2D eigenvalue weighted by atomic mass is 16.5. The lowest BCUT2D eigenvalue weighted by Gasteiger charge is -2.26. The van der Waals surface area contributed by atoms with Gasteiger partial charge in [0, 0.05) is 45.9 Å². The van der Waals surface area contributed by atoms with Crippen LogP contribution in [0.3, 0.4) is 0 Å². The molecule has 1 unspecified atom stereocenters. The molecule has 0 aromatic heterocycles. The van der Waals surface area contributed by atoms with E-state index in [4.69, 9.17) is 9.84 Å². The van der Waals surface area contributed by atoms with Crippen molar-refractivity contribution in [2.45, 2.75) is 278 Å². The van der Waals surface area contributed by atoms with Gasteiger partial charge in [0.25, 0.3) is 0 Å². The minimum absolute atomic E-state index is 0.114. The Bertz CT molecular complexity index is 1400. The molecule has 5 N–H and O–H groups in total. The first-order valence-electron chi connectivity index (χ1n) is 31.4. The number of carboxylic acid groups (broad SMARTS) is 1. The maximum absolute atomic E-state index is 12.0. The number of carbonyl (C=O) groups is 5. The minimum Gasteiger partial charge on any atom is -0.481 e. The third-order valence-electron chi connectivity index (χ3n) is 16.9. The molecule has 4 saturated carbocycles. The van der Waals surface area contributed by atoms with Crippen LogP contribution in [0.15, 0.2) is 0 Å². The zero-order valence-corrected chi connectivity index (χ0v) is 49.6. The lowest BCUT2D eigenvalue weighted by atomic mass is 9.80. The number of rotatable bonds is 34. The predicted octanol–water partition coefficient (Wildman–Crippen LogP) is 14.1. The lowest BCUT2D eigenvalue weighted by molar-refractivity contribution is -0.143. The van der Waals surface area contributed by atoms with Crippen molar-refractivity contribution < 1.29 is 43.7 Å². The fourth-order valence-electron chi connectivity index (χ4n) is 11.3. The standard InChI is InChI=1S/C24H45NO3.C15H29NO3.C14H24O3.C10H21N/c1-2-3-4-5-6-7-8-9-10-11-12-13-14-15-23(26)25-20-21-16-18-22(19-17-21)24(27)28;1-12-6-8-13(9-7-12)10-16-15(18)5-3-4-14(17)11-19-2;1-11-3-5-12(6-4-11)7-8-13(15)9-10-14(16)17-2;1-3-11-8-10-6-4-9(2)5-7-10/h21-22H,2-20H2,1H3,(H,25,26)(H,27,28);12-14,17H,3-11H2,1-2H3,(H,16,18);11-12H,3-10H2,1-2H3;9-11H,3-8H2,1-2H3. The van der Waals surface area contributed by atoms with Crippen LogP contribution in [0.2, 0.25) is 0 Å². The molecule has 12 heteroatoms. The maximum atomic E-state index is 12.0. The summed E-state index contributed by atoms with van der Waals surface area (Å²) in [6.07, 6.45) is 40.9. The van der Waals surface area contributed by atoms with Gasteiger partial charge in [0.2, 0.25) is 11.8 Å². The molecule has 4 aliphatic rings. The van der Waals surface area contributed by atoms with Crippen molar-refractivity contribution in [1.82, 2.24) is 16.0 Å². The molecule has 0 aromatic rings. The van der Waals surface area contributed by atoms with Crippen LogP contribution in [0.4, 0.5) is 0 Å². The van der Waals surface area contributed by atoms with Crippen molar-refractivity contribution in [2.75, 3.05) is 47.0 Å². The van der Waals surface area contributed by atoms with Gasteiger partial charge in [0.15, 0.2) is 0 Å². The van der Waals surface area contributed by atoms with E-state index in [-0.39, 0.29) is 35.9 Å². The van der Waals surface area contributed by atoms with Crippen LogP contribution in [0, 0.1) is 47.3 Å². The number of carboxylic acids is 1. The number of unbranched alkanes of at least 4 members (excludes halogenated alkanes) is 12. The Morgan fingerprint density at radius 3 is 1.33 bits per heavy atom. The number of amides is 2. The number of carbonyl (C=O) groups excluding carboxylic acids is 4. The largest absolute Gasteiger partial charge is 0.481 e. The summed E-state index contributed by atoms with van der Waals surface area (Å²) >= 11 is 0. The molecule has 0 heterocycles. The molecule has 0 bridgehead atoms. The highest BCUT2D eigenvalue weighted by Gasteiger charge is 2.26. The molecule has 0 aromatic carbocycles. The van der Waals surface area contributed by atoms with E-state index in [0.717, 1.165) is 101 Å². The molecule has 12 nitrogen and oxygen atoms in total. The second-order valence-electron chi connectivity index (χ2n) is 24.0. The first-order chi connectivity index (χ1) is 36.2. The summed E-state index contributed by atoms with van der Waals surface area (Å²) in [5.74, 6) is 4.92. The summed E-state index contributed by atoms with van der Waals surface area (Å²) in [6, 6.07) is 0. The van der Waals surface area contributed by atoms with E-state index < -0.39 is 12.1 Å². The fourth-order valence-corrected chi connectivity index (χ4v) is 11.3. The van der Waals surface area contributed by atoms with E-state index in [1.807, 2.05) is 0 Å². The molecule has 0 aliphatic heterocycles. The van der Waals surface area contributed by atoms with Crippen molar-refractivity contribution in [3.05, 3.63) is 0 Å². The average Bonchev–Trinajstić information content (AvgIpc) is 3.41. The van der Waals surface area contributed by atoms with E-state index in [9.17, 15) is 29.1 Å². The zero-order valence-electron chi connectivity index (χ0n) is 49.6. The monoisotopic (exact) mass is 1060 g/mol. The molecule has 4 fully saturated rings. The van der Waals surface area contributed by atoms with Crippen LogP contribution in [-0.4, -0.2) is 92.9 Å². The molecule has 75 heavy (non-hydrogen) atoms. The Kier molecular flexibility index (Phi) is 44.6. The summed E-state index contributed by atoms with van der Waals surface area (Å²) in [5, 5.41) is 28.0. The summed E-state index contributed by atoms with van der Waals surface area (Å²) < 4.78 is 9.36. The first-order valence-corrected chi connectivity index (χ1v) is 31.4. The van der Waals surface area contributed by atoms with Crippen molar-refractivity contribution in [2.24, 2.45) is 47.3 Å². The number of ketones is 1. The highest BCUT2D eigenvalue weighted by molar-refractivity contribution is 5.82. The fraction of sp³-hybridized carbons (Fsp3) is 0.921. The molecule has 1 atom stereocenters. The van der Waals surface area contributed by atoms with E-state index in [0.29, 0.717) is 50.5 Å². The van der Waals surface area contributed by atoms with Crippen molar-refractivity contribution in [3.8, 4) is 0 Å². The normalized spacial score (nSPS) is 23.8. The average molecular weight is 1060 g/mol. The molecule has 440 valence electrons. The van der Waals surface area contributed by atoms with Gasteiger partial charge in [-0.25, -0.2) is 0 Å². The number of hydrogen-bond acceptors (Lipinski definition) is 9. The topological polar surface area (TPSA) is 180 Å². The molecule has 0 saturated heterocycles. The summed E-state index contributed by atoms with van der Waals surface area (Å²) in [6.45, 7) is 15.7. The van der Waals surface area contributed by atoms with Crippen LogP contribution in [-0.2, 0) is 33.4 Å². The van der Waals surface area contributed by atoms with Crippen LogP contribution < -0.4 is 16.0 Å². The summed E-state index contributed by atoms with van der Waals surface area (Å²) in [5.41, 5.74) is 0. The molecule has 4 aliphatic carbocycles. The van der Waals surface area contributed by atoms with E-state index in [1.54, 1.807) is 7.11 Å². The Hall–Kier alpha value is -2.57. The van der Waals surface area contributed by atoms with Crippen LogP contribution in [0.1, 0.15) is 272 Å². The van der Waals surface area contributed by atoms with E-state index >= 15 is 0 Å².